The number of nitriles is 1. The van der Waals surface area contributed by atoms with E-state index in [1.807, 2.05) is 38.1 Å². The van der Waals surface area contributed by atoms with Gasteiger partial charge in [0.05, 0.1) is 23.7 Å². The number of rotatable bonds is 7. The zero-order valence-corrected chi connectivity index (χ0v) is 18.0. The first-order valence-corrected chi connectivity index (χ1v) is 10.2. The molecule has 164 valence electrons. The van der Waals surface area contributed by atoms with Gasteiger partial charge in [0.15, 0.2) is 6.61 Å². The number of hydrogen-bond donors (Lipinski definition) is 0. The predicted molar refractivity (Wildman–Crippen MR) is 117 cm³/mol. The fraction of sp³-hybridized carbons (Fsp3) is 0.292. The molecule has 1 saturated heterocycles. The summed E-state index contributed by atoms with van der Waals surface area (Å²) in [6.07, 6.45) is 0.489. The third kappa shape index (κ3) is 5.19. The average Bonchev–Trinajstić information content (AvgIpc) is 3.09. The number of carbonyl (C=O) groups is 4. The summed E-state index contributed by atoms with van der Waals surface area (Å²) < 4.78 is 5.18. The van der Waals surface area contributed by atoms with Gasteiger partial charge in [-0.1, -0.05) is 6.07 Å². The van der Waals surface area contributed by atoms with Gasteiger partial charge in [-0.25, -0.2) is 4.79 Å². The van der Waals surface area contributed by atoms with Crippen LogP contribution < -0.4 is 9.80 Å². The molecule has 0 atom stereocenters. The number of ether oxygens (including phenoxy) is 1. The summed E-state index contributed by atoms with van der Waals surface area (Å²) in [4.78, 5) is 51.4. The molecule has 0 aliphatic carbocycles. The Bertz CT molecular complexity index is 1070. The smallest absolute Gasteiger partial charge is 0.338 e. The number of carbonyl (C=O) groups excluding carboxylic acids is 4. The normalized spacial score (nSPS) is 13.1. The molecule has 8 heteroatoms. The van der Waals surface area contributed by atoms with Crippen molar-refractivity contribution in [2.75, 3.05) is 23.0 Å². The van der Waals surface area contributed by atoms with Gasteiger partial charge in [-0.15, -0.1) is 0 Å². The predicted octanol–water partition coefficient (Wildman–Crippen LogP) is 3.06. The fourth-order valence-electron chi connectivity index (χ4n) is 3.57. The molecule has 0 saturated carbocycles. The Morgan fingerprint density at radius 1 is 1.03 bits per heavy atom. The van der Waals surface area contributed by atoms with Crippen LogP contribution in [0.5, 0.6) is 0 Å². The maximum absolute atomic E-state index is 12.8. The Morgan fingerprint density at radius 2 is 1.62 bits per heavy atom. The number of hydrogen-bond acceptors (Lipinski definition) is 6. The van der Waals surface area contributed by atoms with Gasteiger partial charge < -0.3 is 9.64 Å². The molecular weight excluding hydrogens is 410 g/mol. The summed E-state index contributed by atoms with van der Waals surface area (Å²) in [5, 5.41) is 8.93. The summed E-state index contributed by atoms with van der Waals surface area (Å²) in [5.41, 5.74) is 3.17. The lowest BCUT2D eigenvalue weighted by Gasteiger charge is -2.22. The van der Waals surface area contributed by atoms with Crippen molar-refractivity contribution < 1.29 is 23.9 Å². The Hall–Kier alpha value is -3.99. The first kappa shape index (κ1) is 22.7. The lowest BCUT2D eigenvalue weighted by molar-refractivity contribution is -0.122. The highest BCUT2D eigenvalue weighted by molar-refractivity contribution is 6.19. The number of amides is 3. The number of anilines is 2. The third-order valence-electron chi connectivity index (χ3n) is 5.01. The molecule has 0 N–H and O–H groups in total. The van der Waals surface area contributed by atoms with Crippen LogP contribution in [-0.2, 0) is 19.1 Å². The van der Waals surface area contributed by atoms with E-state index in [0.29, 0.717) is 11.4 Å². The highest BCUT2D eigenvalue weighted by atomic mass is 16.5. The first-order valence-electron chi connectivity index (χ1n) is 10.2. The maximum atomic E-state index is 12.8. The Labute approximate surface area is 186 Å². The first-order chi connectivity index (χ1) is 15.3. The average molecular weight is 433 g/mol. The van der Waals surface area contributed by atoms with Crippen molar-refractivity contribution in [2.24, 2.45) is 0 Å². The van der Waals surface area contributed by atoms with E-state index in [4.69, 9.17) is 10.00 Å². The molecule has 0 aromatic heterocycles. The molecule has 0 spiro atoms. The largest absolute Gasteiger partial charge is 0.452 e. The maximum Gasteiger partial charge on any atom is 0.338 e. The summed E-state index contributed by atoms with van der Waals surface area (Å²) >= 11 is 0. The summed E-state index contributed by atoms with van der Waals surface area (Å²) in [7, 11) is 0. The molecule has 1 heterocycles. The monoisotopic (exact) mass is 433 g/mol. The van der Waals surface area contributed by atoms with Gasteiger partial charge >= 0.3 is 5.97 Å². The number of benzene rings is 2. The second-order valence-electron chi connectivity index (χ2n) is 7.55. The lowest BCUT2D eigenvalue weighted by atomic mass is 10.1. The quantitative estimate of drug-likeness (QED) is 0.491. The van der Waals surface area contributed by atoms with Crippen LogP contribution >= 0.6 is 0 Å². The number of aryl methyl sites for hydroxylation is 2. The Morgan fingerprint density at radius 3 is 2.19 bits per heavy atom. The molecule has 0 radical (unpaired) electrons. The Kier molecular flexibility index (Phi) is 7.00. The van der Waals surface area contributed by atoms with E-state index in [2.05, 4.69) is 0 Å². The minimum atomic E-state index is -0.704. The van der Waals surface area contributed by atoms with E-state index in [0.717, 1.165) is 16.0 Å². The summed E-state index contributed by atoms with van der Waals surface area (Å²) in [6.45, 7) is 3.53. The van der Waals surface area contributed by atoms with Crippen molar-refractivity contribution >= 4 is 35.1 Å². The van der Waals surface area contributed by atoms with Crippen LogP contribution in [-0.4, -0.2) is 36.8 Å². The van der Waals surface area contributed by atoms with Gasteiger partial charge in [0.2, 0.25) is 11.8 Å². The van der Waals surface area contributed by atoms with Crippen molar-refractivity contribution in [3.05, 3.63) is 59.2 Å². The third-order valence-corrected chi connectivity index (χ3v) is 5.01. The topological polar surface area (TPSA) is 108 Å². The van der Waals surface area contributed by atoms with Crippen molar-refractivity contribution in [2.45, 2.75) is 33.1 Å². The molecule has 8 nitrogen and oxygen atoms in total. The second-order valence-corrected chi connectivity index (χ2v) is 7.55. The van der Waals surface area contributed by atoms with Crippen molar-refractivity contribution in [1.82, 2.24) is 0 Å². The number of nitrogens with zero attached hydrogens (tertiary/aromatic N) is 3. The highest BCUT2D eigenvalue weighted by Gasteiger charge is 2.30. The number of imide groups is 1. The highest BCUT2D eigenvalue weighted by Crippen LogP contribution is 2.23. The van der Waals surface area contributed by atoms with Crippen LogP contribution in [0, 0.1) is 25.2 Å². The molecule has 2 aromatic rings. The zero-order chi connectivity index (χ0) is 23.3. The van der Waals surface area contributed by atoms with Crippen LogP contribution in [0.3, 0.4) is 0 Å². The molecule has 3 amide bonds. The van der Waals surface area contributed by atoms with E-state index in [1.54, 1.807) is 0 Å². The molecular formula is C24H23N3O5. The fourth-order valence-corrected chi connectivity index (χ4v) is 3.57. The number of esters is 1. The second kappa shape index (κ2) is 9.88. The molecule has 3 rings (SSSR count). The van der Waals surface area contributed by atoms with Crippen LogP contribution in [0.2, 0.25) is 0 Å². The van der Waals surface area contributed by atoms with Gasteiger partial charge in [-0.05, 0) is 61.4 Å². The SMILES string of the molecule is Cc1cc(C)cc(N(CCC#N)C(=O)COC(=O)c2ccc(N3C(=O)CCC3=O)cc2)c1. The van der Waals surface area contributed by atoms with Gasteiger partial charge in [0.1, 0.15) is 0 Å². The summed E-state index contributed by atoms with van der Waals surface area (Å²) in [5.74, 6) is -1.70. The zero-order valence-electron chi connectivity index (χ0n) is 18.0. The minimum absolute atomic E-state index is 0.141. The van der Waals surface area contributed by atoms with E-state index in [-0.39, 0.29) is 43.2 Å². The molecule has 1 aliphatic heterocycles. The van der Waals surface area contributed by atoms with Gasteiger partial charge in [-0.3, -0.25) is 19.3 Å². The van der Waals surface area contributed by atoms with Crippen molar-refractivity contribution in [3.8, 4) is 6.07 Å². The van der Waals surface area contributed by atoms with Crippen molar-refractivity contribution in [3.63, 3.8) is 0 Å². The van der Waals surface area contributed by atoms with Crippen LogP contribution in [0.25, 0.3) is 0 Å². The Balaban J connectivity index is 1.66. The van der Waals surface area contributed by atoms with Crippen molar-refractivity contribution in [1.29, 1.82) is 5.26 Å². The van der Waals surface area contributed by atoms with E-state index < -0.39 is 18.5 Å². The van der Waals surface area contributed by atoms with E-state index in [1.165, 1.54) is 29.2 Å². The van der Waals surface area contributed by atoms with Gasteiger partial charge in [0.25, 0.3) is 5.91 Å². The standard InChI is InChI=1S/C24H23N3O5/c1-16-12-17(2)14-20(13-16)26(11-3-10-25)23(30)15-32-24(31)18-4-6-19(7-5-18)27-21(28)8-9-22(27)29/h4-7,12-14H,3,8-9,11,15H2,1-2H3. The van der Waals surface area contributed by atoms with E-state index >= 15 is 0 Å². The van der Waals surface area contributed by atoms with Gasteiger partial charge in [0, 0.05) is 25.1 Å². The molecule has 0 unspecified atom stereocenters. The molecule has 1 aliphatic rings. The minimum Gasteiger partial charge on any atom is -0.452 e. The van der Waals surface area contributed by atoms with Crippen LogP contribution in [0.1, 0.15) is 40.7 Å². The molecule has 0 bridgehead atoms. The van der Waals surface area contributed by atoms with Gasteiger partial charge in [-0.2, -0.15) is 5.26 Å². The summed E-state index contributed by atoms with van der Waals surface area (Å²) in [6, 6.07) is 13.5. The lowest BCUT2D eigenvalue weighted by Crippen LogP contribution is -2.35. The van der Waals surface area contributed by atoms with Crippen LogP contribution in [0.4, 0.5) is 11.4 Å². The molecule has 32 heavy (non-hydrogen) atoms. The molecule has 1 fully saturated rings. The molecule has 2 aromatic carbocycles. The van der Waals surface area contributed by atoms with E-state index in [9.17, 15) is 19.2 Å². The van der Waals surface area contributed by atoms with Crippen LogP contribution in [0.15, 0.2) is 42.5 Å².